The first-order valence-electron chi connectivity index (χ1n) is 10.7. The fourth-order valence-corrected chi connectivity index (χ4v) is 4.07. The van der Waals surface area contributed by atoms with E-state index in [2.05, 4.69) is 10.4 Å². The molecule has 0 aliphatic carbocycles. The van der Waals surface area contributed by atoms with Gasteiger partial charge in [0.1, 0.15) is 0 Å². The largest absolute Gasteiger partial charge is 0.465 e. The van der Waals surface area contributed by atoms with Crippen LogP contribution in [0.25, 0.3) is 16.6 Å². The first-order valence-corrected chi connectivity index (χ1v) is 11.1. The van der Waals surface area contributed by atoms with Crippen LogP contribution in [0.1, 0.15) is 36.6 Å². The monoisotopic (exact) mass is 490 g/mol. The quantitative estimate of drug-likeness (QED) is 0.419. The Labute approximate surface area is 207 Å². The molecule has 2 heterocycles. The van der Waals surface area contributed by atoms with Gasteiger partial charge in [-0.15, -0.1) is 0 Å². The number of hydrogen-bond acceptors (Lipinski definition) is 5. The predicted molar refractivity (Wildman–Crippen MR) is 134 cm³/mol. The highest BCUT2D eigenvalue weighted by Crippen LogP contribution is 2.30. The Morgan fingerprint density at radius 1 is 1.03 bits per heavy atom. The van der Waals surface area contributed by atoms with E-state index in [1.165, 1.54) is 18.1 Å². The number of aromatic nitrogens is 2. The van der Waals surface area contributed by atoms with E-state index in [0.29, 0.717) is 16.8 Å². The Balaban J connectivity index is 1.71. The molecule has 0 aliphatic heterocycles. The van der Waals surface area contributed by atoms with Gasteiger partial charge >= 0.3 is 5.97 Å². The average Bonchev–Trinajstić information content (AvgIpc) is 3.30. The third kappa shape index (κ3) is 4.48. The van der Waals surface area contributed by atoms with Crippen molar-refractivity contribution in [1.29, 1.82) is 0 Å². The van der Waals surface area contributed by atoms with Crippen molar-refractivity contribution < 1.29 is 19.1 Å². The number of carbonyl (C=O) groups is 3. The van der Waals surface area contributed by atoms with E-state index in [4.69, 9.17) is 16.3 Å². The molecule has 0 fully saturated rings. The Morgan fingerprint density at radius 2 is 1.80 bits per heavy atom. The molecule has 0 radical (unpaired) electrons. The zero-order valence-corrected chi connectivity index (χ0v) is 20.4. The first kappa shape index (κ1) is 24.0. The van der Waals surface area contributed by atoms with Crippen molar-refractivity contribution in [1.82, 2.24) is 14.9 Å². The van der Waals surface area contributed by atoms with Crippen LogP contribution < -0.4 is 10.2 Å². The summed E-state index contributed by atoms with van der Waals surface area (Å²) in [5, 5.41) is 7.27. The second-order valence-corrected chi connectivity index (χ2v) is 8.34. The molecule has 0 spiro atoms. The maximum atomic E-state index is 13.3. The van der Waals surface area contributed by atoms with Gasteiger partial charge in [0, 0.05) is 42.7 Å². The molecule has 2 aromatic carbocycles. The molecule has 35 heavy (non-hydrogen) atoms. The van der Waals surface area contributed by atoms with Gasteiger partial charge in [-0.25, -0.2) is 9.31 Å². The number of rotatable bonds is 5. The Kier molecular flexibility index (Phi) is 6.57. The summed E-state index contributed by atoms with van der Waals surface area (Å²) < 4.78 is 6.46. The number of methoxy groups -OCH3 is 1. The second kappa shape index (κ2) is 9.60. The number of hydrogen-bond donors (Lipinski definition) is 1. The van der Waals surface area contributed by atoms with Gasteiger partial charge in [-0.3, -0.25) is 9.59 Å². The molecular weight excluding hydrogens is 468 g/mol. The molecule has 0 aliphatic rings. The number of carbonyl (C=O) groups excluding carboxylic acids is 3. The molecule has 0 saturated heterocycles. The number of nitrogens with zero attached hydrogens (tertiary/aromatic N) is 3. The van der Waals surface area contributed by atoms with Crippen molar-refractivity contribution >= 4 is 40.6 Å². The SMILES string of the molecule is CNC(=O)c1ccc(-c2cnn3ccc(C(=O)N(C)c4ccc(Cl)c(C(=O)OC)c4)cc23)c(C)c1. The molecular formula is C26H23ClN4O4. The summed E-state index contributed by atoms with van der Waals surface area (Å²) in [6.07, 6.45) is 3.45. The highest BCUT2D eigenvalue weighted by atomic mass is 35.5. The fraction of sp³-hybridized carbons (Fsp3) is 0.154. The van der Waals surface area contributed by atoms with Crippen LogP contribution in [0.4, 0.5) is 5.69 Å². The molecule has 2 amide bonds. The number of benzene rings is 2. The summed E-state index contributed by atoms with van der Waals surface area (Å²) in [7, 11) is 4.48. The van der Waals surface area contributed by atoms with Gasteiger partial charge in [0.2, 0.25) is 0 Å². The van der Waals surface area contributed by atoms with Crippen LogP contribution in [-0.4, -0.2) is 48.6 Å². The summed E-state index contributed by atoms with van der Waals surface area (Å²) in [6, 6.07) is 13.6. The molecule has 178 valence electrons. The molecule has 0 saturated carbocycles. The van der Waals surface area contributed by atoms with Crippen LogP contribution in [0, 0.1) is 6.92 Å². The first-order chi connectivity index (χ1) is 16.7. The minimum Gasteiger partial charge on any atom is -0.465 e. The average molecular weight is 491 g/mol. The molecule has 8 nitrogen and oxygen atoms in total. The minimum atomic E-state index is -0.583. The van der Waals surface area contributed by atoms with Gasteiger partial charge in [0.05, 0.1) is 29.4 Å². The van der Waals surface area contributed by atoms with Crippen molar-refractivity contribution in [2.24, 2.45) is 0 Å². The second-order valence-electron chi connectivity index (χ2n) is 7.93. The molecule has 0 unspecified atom stereocenters. The Bertz CT molecular complexity index is 1480. The standard InChI is InChI=1S/C26H23ClN4O4/c1-15-11-16(24(32)28-2)5-7-19(15)21-14-29-31-10-9-17(12-23(21)31)25(33)30(3)18-6-8-22(27)20(13-18)26(34)35-4/h5-14H,1-4H3,(H,28,32). The van der Waals surface area contributed by atoms with Crippen LogP contribution in [-0.2, 0) is 4.74 Å². The number of halogens is 1. The Morgan fingerprint density at radius 3 is 2.49 bits per heavy atom. The third-order valence-corrected chi connectivity index (χ3v) is 6.15. The maximum Gasteiger partial charge on any atom is 0.339 e. The normalized spacial score (nSPS) is 10.8. The van der Waals surface area contributed by atoms with Crippen molar-refractivity contribution in [2.45, 2.75) is 6.92 Å². The summed E-state index contributed by atoms with van der Waals surface area (Å²) in [4.78, 5) is 38.7. The molecule has 4 aromatic rings. The van der Waals surface area contributed by atoms with Gasteiger partial charge < -0.3 is 15.0 Å². The van der Waals surface area contributed by atoms with E-state index >= 15 is 0 Å². The molecule has 1 N–H and O–H groups in total. The van der Waals surface area contributed by atoms with Crippen LogP contribution in [0.2, 0.25) is 5.02 Å². The number of ether oxygens (including phenoxy) is 1. The van der Waals surface area contributed by atoms with Gasteiger partial charge in [-0.2, -0.15) is 5.10 Å². The zero-order valence-electron chi connectivity index (χ0n) is 19.6. The summed E-state index contributed by atoms with van der Waals surface area (Å²) in [5.74, 6) is -1.02. The van der Waals surface area contributed by atoms with E-state index in [9.17, 15) is 14.4 Å². The highest BCUT2D eigenvalue weighted by Gasteiger charge is 2.19. The lowest BCUT2D eigenvalue weighted by molar-refractivity contribution is 0.0600. The van der Waals surface area contributed by atoms with Crippen molar-refractivity contribution in [3.05, 3.63) is 88.2 Å². The van der Waals surface area contributed by atoms with E-state index in [1.807, 2.05) is 19.1 Å². The Hall–Kier alpha value is -4.17. The lowest BCUT2D eigenvalue weighted by Gasteiger charge is -2.19. The van der Waals surface area contributed by atoms with Gasteiger partial charge in [-0.05, 0) is 60.5 Å². The lowest BCUT2D eigenvalue weighted by Crippen LogP contribution is -2.26. The van der Waals surface area contributed by atoms with Crippen LogP contribution in [0.3, 0.4) is 0 Å². The third-order valence-electron chi connectivity index (χ3n) is 5.82. The number of anilines is 1. The number of aryl methyl sites for hydroxylation is 1. The van der Waals surface area contributed by atoms with E-state index in [-0.39, 0.29) is 22.4 Å². The lowest BCUT2D eigenvalue weighted by atomic mass is 9.98. The summed E-state index contributed by atoms with van der Waals surface area (Å²) in [6.45, 7) is 1.92. The van der Waals surface area contributed by atoms with Crippen molar-refractivity contribution in [3.63, 3.8) is 0 Å². The number of pyridine rings is 1. The number of fused-ring (bicyclic) bond motifs is 1. The van der Waals surface area contributed by atoms with Crippen molar-refractivity contribution in [3.8, 4) is 11.1 Å². The van der Waals surface area contributed by atoms with E-state index < -0.39 is 5.97 Å². The fourth-order valence-electron chi connectivity index (χ4n) is 3.87. The minimum absolute atomic E-state index is 0.159. The van der Waals surface area contributed by atoms with Crippen molar-refractivity contribution in [2.75, 3.05) is 26.1 Å². The van der Waals surface area contributed by atoms with E-state index in [0.717, 1.165) is 22.2 Å². The molecule has 2 aromatic heterocycles. The summed E-state index contributed by atoms with van der Waals surface area (Å²) >= 11 is 6.11. The predicted octanol–water partition coefficient (Wildman–Crippen LogP) is 4.39. The van der Waals surface area contributed by atoms with Gasteiger partial charge in [-0.1, -0.05) is 17.7 Å². The highest BCUT2D eigenvalue weighted by molar-refractivity contribution is 6.33. The number of amides is 2. The molecule has 0 bridgehead atoms. The molecule has 9 heteroatoms. The van der Waals surface area contributed by atoms with Crippen LogP contribution in [0.5, 0.6) is 0 Å². The van der Waals surface area contributed by atoms with E-state index in [1.54, 1.807) is 61.3 Å². The van der Waals surface area contributed by atoms with Gasteiger partial charge in [0.25, 0.3) is 11.8 Å². The molecule has 0 atom stereocenters. The maximum absolute atomic E-state index is 13.3. The van der Waals surface area contributed by atoms with Gasteiger partial charge in [0.15, 0.2) is 0 Å². The number of esters is 1. The van der Waals surface area contributed by atoms with Crippen LogP contribution >= 0.6 is 11.6 Å². The smallest absolute Gasteiger partial charge is 0.339 e. The molecule has 4 rings (SSSR count). The van der Waals surface area contributed by atoms with Crippen LogP contribution in [0.15, 0.2) is 60.9 Å². The number of nitrogens with one attached hydrogen (secondary N) is 1. The zero-order chi connectivity index (χ0) is 25.3. The summed E-state index contributed by atoms with van der Waals surface area (Å²) in [5.41, 5.74) is 5.07. The topological polar surface area (TPSA) is 93.0 Å².